The molecule has 0 spiro atoms. The number of methoxy groups -OCH3 is 2. The first-order chi connectivity index (χ1) is 9.65. The molecule has 4 nitrogen and oxygen atoms in total. The van der Waals surface area contributed by atoms with E-state index < -0.39 is 5.97 Å². The molecule has 0 aliphatic heterocycles. The predicted octanol–water partition coefficient (Wildman–Crippen LogP) is 3.34. The van der Waals surface area contributed by atoms with E-state index in [1.54, 1.807) is 26.4 Å². The molecule has 0 aliphatic rings. The molecule has 2 aromatic rings. The van der Waals surface area contributed by atoms with Gasteiger partial charge < -0.3 is 14.6 Å². The van der Waals surface area contributed by atoms with Gasteiger partial charge in [0.1, 0.15) is 11.5 Å². The number of carbonyl (C=O) groups is 1. The van der Waals surface area contributed by atoms with Gasteiger partial charge in [-0.1, -0.05) is 24.3 Å². The van der Waals surface area contributed by atoms with Crippen LogP contribution in [0.1, 0.15) is 12.0 Å². The van der Waals surface area contributed by atoms with E-state index in [1.807, 2.05) is 30.3 Å². The zero-order valence-corrected chi connectivity index (χ0v) is 11.4. The number of carboxylic acids is 1. The lowest BCUT2D eigenvalue weighted by Crippen LogP contribution is -1.92. The van der Waals surface area contributed by atoms with Crippen LogP contribution in [-0.4, -0.2) is 25.3 Å². The van der Waals surface area contributed by atoms with Crippen molar-refractivity contribution in [3.8, 4) is 11.5 Å². The Hall–Kier alpha value is -2.49. The van der Waals surface area contributed by atoms with E-state index in [9.17, 15) is 4.79 Å². The zero-order chi connectivity index (χ0) is 14.5. The molecule has 0 aliphatic carbocycles. The summed E-state index contributed by atoms with van der Waals surface area (Å²) in [6.07, 6.45) is 3.36. The van der Waals surface area contributed by atoms with Crippen LogP contribution in [0.25, 0.3) is 16.8 Å². The first-order valence-electron chi connectivity index (χ1n) is 6.19. The predicted molar refractivity (Wildman–Crippen MR) is 78.3 cm³/mol. The molecular weight excluding hydrogens is 256 g/mol. The number of fused-ring (bicyclic) bond motifs is 1. The number of hydrogen-bond donors (Lipinski definition) is 1. The summed E-state index contributed by atoms with van der Waals surface area (Å²) < 4.78 is 10.6. The van der Waals surface area contributed by atoms with E-state index in [-0.39, 0.29) is 6.42 Å². The molecule has 0 heterocycles. The highest BCUT2D eigenvalue weighted by Crippen LogP contribution is 2.31. The number of ether oxygens (including phenoxy) is 2. The second-order valence-corrected chi connectivity index (χ2v) is 4.27. The molecule has 2 rings (SSSR count). The fourth-order valence-corrected chi connectivity index (χ4v) is 2.06. The topological polar surface area (TPSA) is 55.8 Å². The monoisotopic (exact) mass is 272 g/mol. The molecule has 0 bridgehead atoms. The van der Waals surface area contributed by atoms with Gasteiger partial charge >= 0.3 is 5.97 Å². The van der Waals surface area contributed by atoms with Crippen molar-refractivity contribution in [2.45, 2.75) is 6.42 Å². The Morgan fingerprint density at radius 2 is 1.95 bits per heavy atom. The second-order valence-electron chi connectivity index (χ2n) is 4.27. The Bertz CT molecular complexity index is 654. The Kier molecular flexibility index (Phi) is 4.25. The average Bonchev–Trinajstić information content (AvgIpc) is 2.46. The van der Waals surface area contributed by atoms with Gasteiger partial charge in [0.25, 0.3) is 0 Å². The van der Waals surface area contributed by atoms with Crippen molar-refractivity contribution in [3.63, 3.8) is 0 Å². The van der Waals surface area contributed by atoms with Crippen molar-refractivity contribution >= 4 is 22.8 Å². The molecule has 0 saturated heterocycles. The van der Waals surface area contributed by atoms with E-state index >= 15 is 0 Å². The maximum Gasteiger partial charge on any atom is 0.307 e. The van der Waals surface area contributed by atoms with Crippen molar-refractivity contribution in [3.05, 3.63) is 42.0 Å². The number of aliphatic carboxylic acids is 1. The first-order valence-corrected chi connectivity index (χ1v) is 6.19. The summed E-state index contributed by atoms with van der Waals surface area (Å²) in [5.74, 6) is 0.587. The largest absolute Gasteiger partial charge is 0.497 e. The quantitative estimate of drug-likeness (QED) is 0.907. The number of rotatable bonds is 5. The van der Waals surface area contributed by atoms with Crippen molar-refractivity contribution in [1.29, 1.82) is 0 Å². The van der Waals surface area contributed by atoms with Crippen molar-refractivity contribution in [2.24, 2.45) is 0 Å². The lowest BCUT2D eigenvalue weighted by Gasteiger charge is -2.10. The molecule has 0 atom stereocenters. The number of hydrogen-bond acceptors (Lipinski definition) is 3. The van der Waals surface area contributed by atoms with Crippen LogP contribution in [0.15, 0.2) is 36.4 Å². The SMILES string of the molecule is COc1ccc2ccc(OC)c(C=CCC(=O)O)c2c1. The Labute approximate surface area is 117 Å². The van der Waals surface area contributed by atoms with Crippen molar-refractivity contribution < 1.29 is 19.4 Å². The molecule has 0 fully saturated rings. The molecule has 0 amide bonds. The van der Waals surface area contributed by atoms with Gasteiger partial charge in [0.2, 0.25) is 0 Å². The lowest BCUT2D eigenvalue weighted by atomic mass is 10.0. The highest BCUT2D eigenvalue weighted by Gasteiger charge is 2.07. The third-order valence-corrected chi connectivity index (χ3v) is 3.03. The summed E-state index contributed by atoms with van der Waals surface area (Å²) >= 11 is 0. The summed E-state index contributed by atoms with van der Waals surface area (Å²) in [5, 5.41) is 10.7. The van der Waals surface area contributed by atoms with Gasteiger partial charge in [0.05, 0.1) is 20.6 Å². The van der Waals surface area contributed by atoms with Gasteiger partial charge in [0, 0.05) is 5.56 Å². The van der Waals surface area contributed by atoms with Crippen LogP contribution in [0.3, 0.4) is 0 Å². The summed E-state index contributed by atoms with van der Waals surface area (Å²) in [6, 6.07) is 9.59. The molecule has 0 unspecified atom stereocenters. The van der Waals surface area contributed by atoms with Crippen LogP contribution >= 0.6 is 0 Å². The molecule has 0 radical (unpaired) electrons. The van der Waals surface area contributed by atoms with Gasteiger partial charge in [-0.15, -0.1) is 0 Å². The second kappa shape index (κ2) is 6.10. The van der Waals surface area contributed by atoms with Gasteiger partial charge in [-0.3, -0.25) is 4.79 Å². The van der Waals surface area contributed by atoms with E-state index in [4.69, 9.17) is 14.6 Å². The van der Waals surface area contributed by atoms with E-state index in [2.05, 4.69) is 0 Å². The number of benzene rings is 2. The summed E-state index contributed by atoms with van der Waals surface area (Å²) in [7, 11) is 3.21. The standard InChI is InChI=1S/C16H16O4/c1-19-12-8-6-11-7-9-15(20-2)13(14(11)10-12)4-3-5-16(17)18/h3-4,6-10H,5H2,1-2H3,(H,17,18). The minimum absolute atomic E-state index is 0.0243. The third kappa shape index (κ3) is 2.91. The first kappa shape index (κ1) is 13.9. The highest BCUT2D eigenvalue weighted by molar-refractivity contribution is 5.94. The highest BCUT2D eigenvalue weighted by atomic mass is 16.5. The molecule has 2 aromatic carbocycles. The van der Waals surface area contributed by atoms with Crippen LogP contribution in [-0.2, 0) is 4.79 Å². The number of carboxylic acid groups (broad SMARTS) is 1. The minimum Gasteiger partial charge on any atom is -0.497 e. The Morgan fingerprint density at radius 3 is 2.60 bits per heavy atom. The molecule has 104 valence electrons. The van der Waals surface area contributed by atoms with Crippen molar-refractivity contribution in [2.75, 3.05) is 14.2 Å². The van der Waals surface area contributed by atoms with Crippen LogP contribution in [0.5, 0.6) is 11.5 Å². The van der Waals surface area contributed by atoms with Crippen LogP contribution < -0.4 is 9.47 Å². The maximum absolute atomic E-state index is 10.6. The van der Waals surface area contributed by atoms with Crippen molar-refractivity contribution in [1.82, 2.24) is 0 Å². The van der Waals surface area contributed by atoms with E-state index in [1.165, 1.54) is 0 Å². The average molecular weight is 272 g/mol. The van der Waals surface area contributed by atoms with Gasteiger partial charge in [0.15, 0.2) is 0 Å². The third-order valence-electron chi connectivity index (χ3n) is 3.03. The van der Waals surface area contributed by atoms with E-state index in [0.717, 1.165) is 22.1 Å². The molecule has 0 aromatic heterocycles. The van der Waals surface area contributed by atoms with Crippen LogP contribution in [0, 0.1) is 0 Å². The fraction of sp³-hybridized carbons (Fsp3) is 0.188. The van der Waals surface area contributed by atoms with Gasteiger partial charge in [-0.2, -0.15) is 0 Å². The van der Waals surface area contributed by atoms with Gasteiger partial charge in [-0.05, 0) is 29.0 Å². The minimum atomic E-state index is -0.863. The molecule has 0 saturated carbocycles. The smallest absolute Gasteiger partial charge is 0.307 e. The molecule has 20 heavy (non-hydrogen) atoms. The molecule has 4 heteroatoms. The Balaban J connectivity index is 2.56. The molecular formula is C16H16O4. The van der Waals surface area contributed by atoms with E-state index in [0.29, 0.717) is 5.75 Å². The fourth-order valence-electron chi connectivity index (χ4n) is 2.06. The maximum atomic E-state index is 10.6. The van der Waals surface area contributed by atoms with Crippen LogP contribution in [0.4, 0.5) is 0 Å². The zero-order valence-electron chi connectivity index (χ0n) is 11.4. The van der Waals surface area contributed by atoms with Gasteiger partial charge in [-0.25, -0.2) is 0 Å². The summed E-state index contributed by atoms with van der Waals surface area (Å²) in [5.41, 5.74) is 0.852. The van der Waals surface area contributed by atoms with Crippen LogP contribution in [0.2, 0.25) is 0 Å². The summed E-state index contributed by atoms with van der Waals surface area (Å²) in [4.78, 5) is 10.6. The normalized spacial score (nSPS) is 10.9. The Morgan fingerprint density at radius 1 is 1.20 bits per heavy atom. The lowest BCUT2D eigenvalue weighted by molar-refractivity contribution is -0.135. The molecule has 1 N–H and O–H groups in total. The summed E-state index contributed by atoms with van der Waals surface area (Å²) in [6.45, 7) is 0.